The average molecular weight is 339 g/mol. The molecule has 0 aliphatic carbocycles. The van der Waals surface area contributed by atoms with Gasteiger partial charge in [0.1, 0.15) is 5.75 Å². The van der Waals surface area contributed by atoms with Gasteiger partial charge in [0, 0.05) is 25.3 Å². The maximum Gasteiger partial charge on any atom is 0.271 e. The molecular weight excluding hydrogens is 314 g/mol. The molecule has 0 aromatic heterocycles. The molecule has 0 radical (unpaired) electrons. The standard InChI is InChI=1S/C20H25N3O2/c1-14(2)25-19-12-8-17(9-13-19)20(24)22-21-15(3)16-6-10-18(11-7-16)23(4)5/h6-14H,1-5H3,(H,22,24)/b21-15-. The van der Waals surface area contributed by atoms with Crippen molar-refractivity contribution in [2.24, 2.45) is 5.10 Å². The van der Waals surface area contributed by atoms with Gasteiger partial charge in [0.2, 0.25) is 0 Å². The first-order chi connectivity index (χ1) is 11.9. The zero-order valence-corrected chi connectivity index (χ0v) is 15.4. The Hall–Kier alpha value is -2.82. The first-order valence-corrected chi connectivity index (χ1v) is 8.26. The van der Waals surface area contributed by atoms with Gasteiger partial charge in [-0.05, 0) is 62.7 Å². The number of benzene rings is 2. The van der Waals surface area contributed by atoms with Crippen LogP contribution in [0.2, 0.25) is 0 Å². The summed E-state index contributed by atoms with van der Waals surface area (Å²) in [6, 6.07) is 15.0. The number of hydrazone groups is 1. The number of carbonyl (C=O) groups is 1. The topological polar surface area (TPSA) is 53.9 Å². The van der Waals surface area contributed by atoms with Crippen LogP contribution in [0.5, 0.6) is 5.75 Å². The van der Waals surface area contributed by atoms with Crippen LogP contribution < -0.4 is 15.1 Å². The summed E-state index contributed by atoms with van der Waals surface area (Å²) in [6.45, 7) is 5.79. The molecule has 5 nitrogen and oxygen atoms in total. The first kappa shape index (κ1) is 18.5. The van der Waals surface area contributed by atoms with Crippen molar-refractivity contribution in [1.82, 2.24) is 5.43 Å². The summed E-state index contributed by atoms with van der Waals surface area (Å²) in [5, 5.41) is 4.19. The molecule has 0 heterocycles. The van der Waals surface area contributed by atoms with Crippen molar-refractivity contribution in [1.29, 1.82) is 0 Å². The molecule has 0 fully saturated rings. The number of nitrogens with zero attached hydrogens (tertiary/aromatic N) is 2. The minimum atomic E-state index is -0.250. The van der Waals surface area contributed by atoms with Crippen molar-refractivity contribution < 1.29 is 9.53 Å². The van der Waals surface area contributed by atoms with E-state index < -0.39 is 0 Å². The van der Waals surface area contributed by atoms with Crippen LogP contribution in [-0.2, 0) is 0 Å². The number of amides is 1. The van der Waals surface area contributed by atoms with Crippen LogP contribution in [0.1, 0.15) is 36.7 Å². The van der Waals surface area contributed by atoms with E-state index in [0.29, 0.717) is 5.56 Å². The predicted molar refractivity (Wildman–Crippen MR) is 103 cm³/mol. The third-order valence-corrected chi connectivity index (χ3v) is 3.61. The molecule has 5 heteroatoms. The highest BCUT2D eigenvalue weighted by Crippen LogP contribution is 2.14. The molecule has 0 aliphatic heterocycles. The molecule has 0 atom stereocenters. The van der Waals surface area contributed by atoms with Crippen LogP contribution in [0.25, 0.3) is 0 Å². The van der Waals surface area contributed by atoms with Gasteiger partial charge < -0.3 is 9.64 Å². The number of hydrogen-bond donors (Lipinski definition) is 1. The lowest BCUT2D eigenvalue weighted by Crippen LogP contribution is -2.19. The van der Waals surface area contributed by atoms with Gasteiger partial charge in [0.25, 0.3) is 5.91 Å². The Balaban J connectivity index is 2.00. The summed E-state index contributed by atoms with van der Waals surface area (Å²) in [7, 11) is 3.99. The van der Waals surface area contributed by atoms with Crippen LogP contribution >= 0.6 is 0 Å². The fourth-order valence-corrected chi connectivity index (χ4v) is 2.22. The van der Waals surface area contributed by atoms with Crippen LogP contribution in [0.15, 0.2) is 53.6 Å². The minimum Gasteiger partial charge on any atom is -0.491 e. The molecule has 2 aromatic carbocycles. The molecular formula is C20H25N3O2. The van der Waals surface area contributed by atoms with Crippen molar-refractivity contribution in [3.63, 3.8) is 0 Å². The zero-order valence-electron chi connectivity index (χ0n) is 15.4. The molecule has 0 bridgehead atoms. The molecule has 1 N–H and O–H groups in total. The summed E-state index contributed by atoms with van der Waals surface area (Å²) in [5.41, 5.74) is 5.96. The van der Waals surface area contributed by atoms with Crippen LogP contribution in [-0.4, -0.2) is 31.8 Å². The van der Waals surface area contributed by atoms with Gasteiger partial charge in [0.15, 0.2) is 0 Å². The smallest absolute Gasteiger partial charge is 0.271 e. The van der Waals surface area contributed by atoms with E-state index in [4.69, 9.17) is 4.74 Å². The summed E-state index contributed by atoms with van der Waals surface area (Å²) in [4.78, 5) is 14.2. The van der Waals surface area contributed by atoms with Gasteiger partial charge in [0.05, 0.1) is 11.8 Å². The Morgan fingerprint density at radius 3 is 2.08 bits per heavy atom. The maximum absolute atomic E-state index is 12.2. The Morgan fingerprint density at radius 2 is 1.56 bits per heavy atom. The molecule has 2 rings (SSSR count). The molecule has 132 valence electrons. The second kappa shape index (κ2) is 8.33. The van der Waals surface area contributed by atoms with Crippen molar-refractivity contribution >= 4 is 17.3 Å². The zero-order chi connectivity index (χ0) is 18.4. The number of rotatable bonds is 6. The molecule has 0 spiro atoms. The average Bonchev–Trinajstić information content (AvgIpc) is 2.59. The van der Waals surface area contributed by atoms with E-state index in [9.17, 15) is 4.79 Å². The van der Waals surface area contributed by atoms with Gasteiger partial charge in [-0.2, -0.15) is 5.10 Å². The second-order valence-corrected chi connectivity index (χ2v) is 6.27. The summed E-state index contributed by atoms with van der Waals surface area (Å²) in [6.07, 6.45) is 0.103. The Labute approximate surface area is 149 Å². The SMILES string of the molecule is C/C(=N/NC(=O)c1ccc(OC(C)C)cc1)c1ccc(N(C)C)cc1. The molecule has 2 aromatic rings. The highest BCUT2D eigenvalue weighted by atomic mass is 16.5. The van der Waals surface area contributed by atoms with E-state index in [1.54, 1.807) is 24.3 Å². The molecule has 1 amide bonds. The van der Waals surface area contributed by atoms with Gasteiger partial charge in [-0.3, -0.25) is 4.79 Å². The molecule has 25 heavy (non-hydrogen) atoms. The van der Waals surface area contributed by atoms with Crippen molar-refractivity contribution in [2.45, 2.75) is 26.9 Å². The first-order valence-electron chi connectivity index (χ1n) is 8.26. The number of anilines is 1. The van der Waals surface area contributed by atoms with Gasteiger partial charge in [-0.1, -0.05) is 12.1 Å². The van der Waals surface area contributed by atoms with E-state index in [1.807, 2.05) is 64.0 Å². The maximum atomic E-state index is 12.2. The lowest BCUT2D eigenvalue weighted by molar-refractivity contribution is 0.0955. The summed E-state index contributed by atoms with van der Waals surface area (Å²) < 4.78 is 5.57. The van der Waals surface area contributed by atoms with E-state index in [0.717, 1.165) is 22.7 Å². The monoisotopic (exact) mass is 339 g/mol. The van der Waals surface area contributed by atoms with Crippen LogP contribution in [0, 0.1) is 0 Å². The number of ether oxygens (including phenoxy) is 1. The van der Waals surface area contributed by atoms with Crippen molar-refractivity contribution in [2.75, 3.05) is 19.0 Å². The normalized spacial score (nSPS) is 11.4. The van der Waals surface area contributed by atoms with Crippen LogP contribution in [0.4, 0.5) is 5.69 Å². The highest BCUT2D eigenvalue weighted by molar-refractivity contribution is 6.01. The number of carbonyl (C=O) groups excluding carboxylic acids is 1. The van der Waals surface area contributed by atoms with Crippen LogP contribution in [0.3, 0.4) is 0 Å². The fraction of sp³-hybridized carbons (Fsp3) is 0.300. The lowest BCUT2D eigenvalue weighted by Gasteiger charge is -2.12. The van der Waals surface area contributed by atoms with E-state index in [2.05, 4.69) is 10.5 Å². The second-order valence-electron chi connectivity index (χ2n) is 6.27. The van der Waals surface area contributed by atoms with E-state index in [1.165, 1.54) is 0 Å². The highest BCUT2D eigenvalue weighted by Gasteiger charge is 2.06. The molecule has 0 saturated heterocycles. The largest absolute Gasteiger partial charge is 0.491 e. The Bertz CT molecular complexity index is 733. The summed E-state index contributed by atoms with van der Waals surface area (Å²) in [5.74, 6) is 0.493. The van der Waals surface area contributed by atoms with Crippen molar-refractivity contribution in [3.05, 3.63) is 59.7 Å². The lowest BCUT2D eigenvalue weighted by atomic mass is 10.1. The van der Waals surface area contributed by atoms with Gasteiger partial charge >= 0.3 is 0 Å². The van der Waals surface area contributed by atoms with Gasteiger partial charge in [-0.25, -0.2) is 5.43 Å². The minimum absolute atomic E-state index is 0.103. The van der Waals surface area contributed by atoms with E-state index in [-0.39, 0.29) is 12.0 Å². The molecule has 0 saturated carbocycles. The molecule has 0 aliphatic rings. The molecule has 0 unspecified atom stereocenters. The van der Waals surface area contributed by atoms with Crippen molar-refractivity contribution in [3.8, 4) is 5.75 Å². The quantitative estimate of drug-likeness (QED) is 0.645. The Morgan fingerprint density at radius 1 is 1.00 bits per heavy atom. The fourth-order valence-electron chi connectivity index (χ4n) is 2.22. The predicted octanol–water partition coefficient (Wildman–Crippen LogP) is 3.69. The number of nitrogens with one attached hydrogen (secondary N) is 1. The van der Waals surface area contributed by atoms with Gasteiger partial charge in [-0.15, -0.1) is 0 Å². The number of hydrogen-bond acceptors (Lipinski definition) is 4. The van der Waals surface area contributed by atoms with E-state index >= 15 is 0 Å². The third kappa shape index (κ3) is 5.35. The third-order valence-electron chi connectivity index (χ3n) is 3.61. The summed E-state index contributed by atoms with van der Waals surface area (Å²) >= 11 is 0. The Kier molecular flexibility index (Phi) is 6.17.